The highest BCUT2D eigenvalue weighted by atomic mass is 16.2. The first-order valence-electron chi connectivity index (χ1n) is 5.78. The number of nitrogens with one attached hydrogen (secondary N) is 1. The normalized spacial score (nSPS) is 18.3. The number of nitrogens with zero attached hydrogens (tertiary/aromatic N) is 3. The van der Waals surface area contributed by atoms with Crippen molar-refractivity contribution in [2.75, 3.05) is 12.4 Å². The molecular formula is C12H16N4O2. The van der Waals surface area contributed by atoms with Crippen LogP contribution in [-0.4, -0.2) is 33.7 Å². The average Bonchev–Trinajstić information content (AvgIpc) is 2.52. The molecule has 0 spiro atoms. The minimum absolute atomic E-state index is 0.142. The predicted molar refractivity (Wildman–Crippen MR) is 65.5 cm³/mol. The van der Waals surface area contributed by atoms with E-state index in [0.29, 0.717) is 11.6 Å². The van der Waals surface area contributed by atoms with Crippen LogP contribution in [0.25, 0.3) is 0 Å². The van der Waals surface area contributed by atoms with Gasteiger partial charge in [-0.1, -0.05) is 13.8 Å². The third kappa shape index (κ3) is 2.18. The Hall–Kier alpha value is -1.98. The van der Waals surface area contributed by atoms with Crippen molar-refractivity contribution in [3.63, 3.8) is 0 Å². The Labute approximate surface area is 105 Å². The Balaban J connectivity index is 2.19. The SMILES string of the molecule is CNc1nccc(CN2C(=O)CC(C)(C)C2=O)n1. The van der Waals surface area contributed by atoms with Crippen molar-refractivity contribution in [3.8, 4) is 0 Å². The first kappa shape index (κ1) is 12.5. The number of imide groups is 1. The van der Waals surface area contributed by atoms with Crippen LogP contribution in [0.15, 0.2) is 12.3 Å². The molecule has 2 rings (SSSR count). The largest absolute Gasteiger partial charge is 0.357 e. The highest BCUT2D eigenvalue weighted by Crippen LogP contribution is 2.32. The van der Waals surface area contributed by atoms with Crippen LogP contribution in [0.1, 0.15) is 26.0 Å². The van der Waals surface area contributed by atoms with Crippen LogP contribution in [0.4, 0.5) is 5.95 Å². The highest BCUT2D eigenvalue weighted by molar-refractivity contribution is 6.05. The van der Waals surface area contributed by atoms with E-state index in [1.807, 2.05) is 0 Å². The van der Waals surface area contributed by atoms with Crippen LogP contribution in [0.3, 0.4) is 0 Å². The smallest absolute Gasteiger partial charge is 0.235 e. The van der Waals surface area contributed by atoms with E-state index in [1.54, 1.807) is 33.2 Å². The van der Waals surface area contributed by atoms with E-state index in [-0.39, 0.29) is 24.8 Å². The third-order valence-corrected chi connectivity index (χ3v) is 2.98. The quantitative estimate of drug-likeness (QED) is 0.801. The molecule has 0 unspecified atom stereocenters. The van der Waals surface area contributed by atoms with Crippen molar-refractivity contribution in [1.82, 2.24) is 14.9 Å². The molecular weight excluding hydrogens is 232 g/mol. The standard InChI is InChI=1S/C12H16N4O2/c1-12(2)6-9(17)16(10(12)18)7-8-4-5-14-11(13-3)15-8/h4-5H,6-7H2,1-3H3,(H,13,14,15). The number of anilines is 1. The molecule has 1 aromatic heterocycles. The molecule has 0 saturated carbocycles. The Morgan fingerprint density at radius 2 is 2.17 bits per heavy atom. The average molecular weight is 248 g/mol. The Morgan fingerprint density at radius 3 is 2.72 bits per heavy atom. The lowest BCUT2D eigenvalue weighted by Crippen LogP contribution is -2.32. The maximum Gasteiger partial charge on any atom is 0.235 e. The van der Waals surface area contributed by atoms with Crippen LogP contribution < -0.4 is 5.32 Å². The summed E-state index contributed by atoms with van der Waals surface area (Å²) in [5, 5.41) is 2.82. The minimum Gasteiger partial charge on any atom is -0.357 e. The van der Waals surface area contributed by atoms with Gasteiger partial charge in [-0.2, -0.15) is 0 Å². The zero-order valence-electron chi connectivity index (χ0n) is 10.7. The second kappa shape index (κ2) is 4.36. The second-order valence-electron chi connectivity index (χ2n) is 4.97. The van der Waals surface area contributed by atoms with Gasteiger partial charge in [0.05, 0.1) is 17.7 Å². The summed E-state index contributed by atoms with van der Waals surface area (Å²) in [6.45, 7) is 3.77. The van der Waals surface area contributed by atoms with Crippen molar-refractivity contribution in [2.24, 2.45) is 5.41 Å². The fourth-order valence-corrected chi connectivity index (χ4v) is 1.95. The summed E-state index contributed by atoms with van der Waals surface area (Å²) in [5.41, 5.74) is 0.0458. The van der Waals surface area contributed by atoms with Crippen LogP contribution >= 0.6 is 0 Å². The number of rotatable bonds is 3. The van der Waals surface area contributed by atoms with E-state index in [2.05, 4.69) is 15.3 Å². The molecule has 6 nitrogen and oxygen atoms in total. The van der Waals surface area contributed by atoms with E-state index in [9.17, 15) is 9.59 Å². The molecule has 0 radical (unpaired) electrons. The maximum atomic E-state index is 12.0. The number of aromatic nitrogens is 2. The molecule has 0 aromatic carbocycles. The minimum atomic E-state index is -0.601. The number of likely N-dealkylation sites (tertiary alicyclic amines) is 1. The molecule has 2 heterocycles. The van der Waals surface area contributed by atoms with Gasteiger partial charge in [-0.05, 0) is 6.07 Å². The van der Waals surface area contributed by atoms with Crippen molar-refractivity contribution in [3.05, 3.63) is 18.0 Å². The number of hydrogen-bond donors (Lipinski definition) is 1. The fraction of sp³-hybridized carbons (Fsp3) is 0.500. The van der Waals surface area contributed by atoms with Crippen LogP contribution in [0, 0.1) is 5.41 Å². The van der Waals surface area contributed by atoms with Gasteiger partial charge in [0, 0.05) is 19.7 Å². The van der Waals surface area contributed by atoms with E-state index in [4.69, 9.17) is 0 Å². The molecule has 0 bridgehead atoms. The van der Waals surface area contributed by atoms with Crippen LogP contribution in [0.5, 0.6) is 0 Å². The molecule has 1 aromatic rings. The number of carbonyl (C=O) groups is 2. The molecule has 1 N–H and O–H groups in total. The summed E-state index contributed by atoms with van der Waals surface area (Å²) in [6, 6.07) is 1.70. The molecule has 1 aliphatic rings. The van der Waals surface area contributed by atoms with E-state index >= 15 is 0 Å². The molecule has 1 aliphatic heterocycles. The lowest BCUT2D eigenvalue weighted by molar-refractivity contribution is -0.141. The molecule has 0 aliphatic carbocycles. The molecule has 18 heavy (non-hydrogen) atoms. The van der Waals surface area contributed by atoms with Gasteiger partial charge < -0.3 is 5.32 Å². The fourth-order valence-electron chi connectivity index (χ4n) is 1.95. The summed E-state index contributed by atoms with van der Waals surface area (Å²) in [4.78, 5) is 33.3. The van der Waals surface area contributed by atoms with Crippen LogP contribution in [-0.2, 0) is 16.1 Å². The zero-order valence-corrected chi connectivity index (χ0v) is 10.7. The van der Waals surface area contributed by atoms with E-state index in [1.165, 1.54) is 4.90 Å². The Kier molecular flexibility index (Phi) is 3.02. The van der Waals surface area contributed by atoms with E-state index in [0.717, 1.165) is 0 Å². The topological polar surface area (TPSA) is 75.2 Å². The summed E-state index contributed by atoms with van der Waals surface area (Å²) in [6.07, 6.45) is 1.86. The number of carbonyl (C=O) groups excluding carboxylic acids is 2. The molecule has 96 valence electrons. The molecule has 0 atom stereocenters. The monoisotopic (exact) mass is 248 g/mol. The van der Waals surface area contributed by atoms with Gasteiger partial charge in [0.1, 0.15) is 0 Å². The highest BCUT2D eigenvalue weighted by Gasteiger charge is 2.44. The molecule has 6 heteroatoms. The zero-order chi connectivity index (χ0) is 13.3. The maximum absolute atomic E-state index is 12.0. The number of amides is 2. The van der Waals surface area contributed by atoms with Gasteiger partial charge in [0.25, 0.3) is 0 Å². The van der Waals surface area contributed by atoms with Crippen molar-refractivity contribution < 1.29 is 9.59 Å². The van der Waals surface area contributed by atoms with Gasteiger partial charge in [0.2, 0.25) is 17.8 Å². The second-order valence-corrected chi connectivity index (χ2v) is 4.97. The van der Waals surface area contributed by atoms with Gasteiger partial charge >= 0.3 is 0 Å². The third-order valence-electron chi connectivity index (χ3n) is 2.98. The first-order valence-corrected chi connectivity index (χ1v) is 5.78. The lowest BCUT2D eigenvalue weighted by Gasteiger charge is -2.17. The van der Waals surface area contributed by atoms with Gasteiger partial charge in [-0.15, -0.1) is 0 Å². The first-order chi connectivity index (χ1) is 8.44. The summed E-state index contributed by atoms with van der Waals surface area (Å²) in [7, 11) is 1.72. The number of hydrogen-bond acceptors (Lipinski definition) is 5. The van der Waals surface area contributed by atoms with Gasteiger partial charge in [-0.25, -0.2) is 9.97 Å². The Morgan fingerprint density at radius 1 is 1.44 bits per heavy atom. The van der Waals surface area contributed by atoms with Crippen molar-refractivity contribution in [1.29, 1.82) is 0 Å². The van der Waals surface area contributed by atoms with Gasteiger partial charge in [-0.3, -0.25) is 14.5 Å². The van der Waals surface area contributed by atoms with Gasteiger partial charge in [0.15, 0.2) is 0 Å². The van der Waals surface area contributed by atoms with Crippen LogP contribution in [0.2, 0.25) is 0 Å². The molecule has 2 amide bonds. The lowest BCUT2D eigenvalue weighted by atomic mass is 9.92. The molecule has 1 fully saturated rings. The van der Waals surface area contributed by atoms with Crippen molar-refractivity contribution >= 4 is 17.8 Å². The van der Waals surface area contributed by atoms with Crippen molar-refractivity contribution in [2.45, 2.75) is 26.8 Å². The summed E-state index contributed by atoms with van der Waals surface area (Å²) in [5.74, 6) is 0.192. The Bertz CT molecular complexity index is 499. The predicted octanol–water partition coefficient (Wildman–Crippen LogP) is 0.803. The summed E-state index contributed by atoms with van der Waals surface area (Å²) < 4.78 is 0. The summed E-state index contributed by atoms with van der Waals surface area (Å²) >= 11 is 0. The van der Waals surface area contributed by atoms with E-state index < -0.39 is 5.41 Å². The molecule has 1 saturated heterocycles.